The van der Waals surface area contributed by atoms with Crippen molar-refractivity contribution < 1.29 is 14.4 Å². The predicted molar refractivity (Wildman–Crippen MR) is 108 cm³/mol. The summed E-state index contributed by atoms with van der Waals surface area (Å²) in [5.74, 6) is -0.0736. The maximum atomic E-state index is 12.6. The van der Waals surface area contributed by atoms with Crippen molar-refractivity contribution in [1.82, 2.24) is 9.80 Å². The highest BCUT2D eigenvalue weighted by Crippen LogP contribution is 2.14. The van der Waals surface area contributed by atoms with Crippen LogP contribution >= 0.6 is 0 Å². The molecule has 1 heterocycles. The molecule has 1 saturated heterocycles. The number of carbonyl (C=O) groups excluding carboxylic acids is 3. The third-order valence-electron chi connectivity index (χ3n) is 5.11. The van der Waals surface area contributed by atoms with Crippen LogP contribution < -0.4 is 5.32 Å². The van der Waals surface area contributed by atoms with Gasteiger partial charge in [-0.25, -0.2) is 0 Å². The second kappa shape index (κ2) is 8.80. The molecule has 1 atom stereocenters. The van der Waals surface area contributed by atoms with Crippen LogP contribution in [0.25, 0.3) is 0 Å². The number of piperazine rings is 1. The van der Waals surface area contributed by atoms with E-state index >= 15 is 0 Å². The van der Waals surface area contributed by atoms with Gasteiger partial charge in [-0.15, -0.1) is 0 Å². The molecule has 3 rings (SSSR count). The van der Waals surface area contributed by atoms with E-state index in [-0.39, 0.29) is 23.6 Å². The Balaban J connectivity index is 1.53. The van der Waals surface area contributed by atoms with Crippen molar-refractivity contribution in [2.24, 2.45) is 0 Å². The van der Waals surface area contributed by atoms with Crippen LogP contribution in [0.3, 0.4) is 0 Å². The topological polar surface area (TPSA) is 69.7 Å². The Labute approximate surface area is 165 Å². The van der Waals surface area contributed by atoms with Crippen LogP contribution in [0, 0.1) is 0 Å². The molecule has 1 unspecified atom stereocenters. The molecule has 0 aromatic heterocycles. The maximum Gasteiger partial charge on any atom is 0.253 e. The molecular weight excluding hydrogens is 354 g/mol. The molecule has 28 heavy (non-hydrogen) atoms. The number of amides is 2. The fraction of sp³-hybridized carbons (Fsp3) is 0.318. The van der Waals surface area contributed by atoms with E-state index in [1.807, 2.05) is 42.2 Å². The van der Waals surface area contributed by atoms with Crippen LogP contribution in [0.4, 0.5) is 5.69 Å². The van der Waals surface area contributed by atoms with Gasteiger partial charge in [-0.1, -0.05) is 18.2 Å². The molecule has 146 valence electrons. The van der Waals surface area contributed by atoms with Crippen LogP contribution in [0.5, 0.6) is 0 Å². The number of benzene rings is 2. The Hall–Kier alpha value is -2.99. The van der Waals surface area contributed by atoms with Crippen LogP contribution in [0.1, 0.15) is 34.6 Å². The lowest BCUT2D eigenvalue weighted by atomic mass is 10.1. The van der Waals surface area contributed by atoms with Gasteiger partial charge in [0.25, 0.3) is 5.91 Å². The number of hydrogen-bond acceptors (Lipinski definition) is 4. The van der Waals surface area contributed by atoms with Crippen LogP contribution in [0.15, 0.2) is 54.6 Å². The molecule has 2 aromatic rings. The second-order valence-electron chi connectivity index (χ2n) is 6.99. The average molecular weight is 379 g/mol. The van der Waals surface area contributed by atoms with Gasteiger partial charge < -0.3 is 10.2 Å². The largest absolute Gasteiger partial charge is 0.336 e. The van der Waals surface area contributed by atoms with Gasteiger partial charge in [0.1, 0.15) is 0 Å². The standard InChI is InChI=1S/C22H25N3O3/c1-16(21(27)23-20-10-8-18(9-11-20)17(2)26)24-12-14-25(15-13-24)22(28)19-6-4-3-5-7-19/h3-11,16H,12-15H2,1-2H3,(H,23,27). The fourth-order valence-electron chi connectivity index (χ4n) is 3.28. The first-order valence-electron chi connectivity index (χ1n) is 9.46. The van der Waals surface area contributed by atoms with Gasteiger partial charge in [0.05, 0.1) is 6.04 Å². The molecule has 0 spiro atoms. The zero-order chi connectivity index (χ0) is 20.1. The van der Waals surface area contributed by atoms with Crippen molar-refractivity contribution in [2.45, 2.75) is 19.9 Å². The average Bonchev–Trinajstić information content (AvgIpc) is 2.73. The molecule has 0 saturated carbocycles. The van der Waals surface area contributed by atoms with E-state index in [0.29, 0.717) is 43.0 Å². The summed E-state index contributed by atoms with van der Waals surface area (Å²) in [6, 6.07) is 15.8. The highest BCUT2D eigenvalue weighted by atomic mass is 16.2. The van der Waals surface area contributed by atoms with Crippen molar-refractivity contribution in [3.63, 3.8) is 0 Å². The Morgan fingerprint density at radius 3 is 2.04 bits per heavy atom. The second-order valence-corrected chi connectivity index (χ2v) is 6.99. The maximum absolute atomic E-state index is 12.6. The van der Waals surface area contributed by atoms with Gasteiger partial charge in [-0.2, -0.15) is 0 Å². The summed E-state index contributed by atoms with van der Waals surface area (Å²) in [5.41, 5.74) is 1.97. The third-order valence-corrected chi connectivity index (χ3v) is 5.11. The molecule has 6 heteroatoms. The van der Waals surface area contributed by atoms with Crippen LogP contribution in [-0.4, -0.2) is 59.6 Å². The summed E-state index contributed by atoms with van der Waals surface area (Å²) >= 11 is 0. The van der Waals surface area contributed by atoms with Crippen LogP contribution in [-0.2, 0) is 4.79 Å². The molecule has 2 aromatic carbocycles. The first kappa shape index (κ1) is 19.8. The number of anilines is 1. The first-order valence-corrected chi connectivity index (χ1v) is 9.46. The molecule has 0 radical (unpaired) electrons. The number of hydrogen-bond donors (Lipinski definition) is 1. The molecule has 6 nitrogen and oxygen atoms in total. The number of nitrogens with one attached hydrogen (secondary N) is 1. The number of ketones is 1. The summed E-state index contributed by atoms with van der Waals surface area (Å²) in [6.07, 6.45) is 0. The van der Waals surface area contributed by atoms with Gasteiger partial charge >= 0.3 is 0 Å². The van der Waals surface area contributed by atoms with Gasteiger partial charge in [0.15, 0.2) is 5.78 Å². The minimum atomic E-state index is -0.304. The van der Waals surface area contributed by atoms with Gasteiger partial charge in [-0.3, -0.25) is 19.3 Å². The Bertz CT molecular complexity index is 841. The summed E-state index contributed by atoms with van der Waals surface area (Å²) < 4.78 is 0. The lowest BCUT2D eigenvalue weighted by Gasteiger charge is -2.37. The van der Waals surface area contributed by atoms with Crippen molar-refractivity contribution in [3.8, 4) is 0 Å². The summed E-state index contributed by atoms with van der Waals surface area (Å²) in [6.45, 7) is 5.87. The summed E-state index contributed by atoms with van der Waals surface area (Å²) in [4.78, 5) is 40.3. The molecular formula is C22H25N3O3. The van der Waals surface area contributed by atoms with E-state index in [1.54, 1.807) is 24.3 Å². The minimum absolute atomic E-state index is 0.00540. The smallest absolute Gasteiger partial charge is 0.253 e. The zero-order valence-electron chi connectivity index (χ0n) is 16.2. The van der Waals surface area contributed by atoms with Gasteiger partial charge in [0.2, 0.25) is 5.91 Å². The van der Waals surface area contributed by atoms with Crippen molar-refractivity contribution in [3.05, 3.63) is 65.7 Å². The summed E-state index contributed by atoms with van der Waals surface area (Å²) in [7, 11) is 0. The van der Waals surface area contributed by atoms with Crippen molar-refractivity contribution in [2.75, 3.05) is 31.5 Å². The van der Waals surface area contributed by atoms with E-state index < -0.39 is 0 Å². The van der Waals surface area contributed by atoms with E-state index in [4.69, 9.17) is 0 Å². The minimum Gasteiger partial charge on any atom is -0.336 e. The van der Waals surface area contributed by atoms with E-state index in [9.17, 15) is 14.4 Å². The van der Waals surface area contributed by atoms with E-state index in [2.05, 4.69) is 10.2 Å². The first-order chi connectivity index (χ1) is 13.5. The zero-order valence-corrected chi connectivity index (χ0v) is 16.2. The monoisotopic (exact) mass is 379 g/mol. The number of carbonyl (C=O) groups is 3. The molecule has 1 aliphatic rings. The number of Topliss-reactive ketones (excluding diaryl/α,β-unsaturated/α-hetero) is 1. The Morgan fingerprint density at radius 2 is 1.46 bits per heavy atom. The highest BCUT2D eigenvalue weighted by molar-refractivity contribution is 5.97. The molecule has 1 fully saturated rings. The lowest BCUT2D eigenvalue weighted by Crippen LogP contribution is -2.54. The molecule has 2 amide bonds. The summed E-state index contributed by atoms with van der Waals surface area (Å²) in [5, 5.41) is 2.89. The molecule has 1 N–H and O–H groups in total. The molecule has 0 bridgehead atoms. The third kappa shape index (κ3) is 4.64. The van der Waals surface area contributed by atoms with Crippen molar-refractivity contribution in [1.29, 1.82) is 0 Å². The number of rotatable bonds is 5. The van der Waals surface area contributed by atoms with Gasteiger partial charge in [-0.05, 0) is 50.2 Å². The fourth-order valence-corrected chi connectivity index (χ4v) is 3.28. The Kier molecular flexibility index (Phi) is 6.21. The Morgan fingerprint density at radius 1 is 0.857 bits per heavy atom. The van der Waals surface area contributed by atoms with E-state index in [1.165, 1.54) is 6.92 Å². The van der Waals surface area contributed by atoms with Crippen molar-refractivity contribution >= 4 is 23.3 Å². The van der Waals surface area contributed by atoms with Crippen LogP contribution in [0.2, 0.25) is 0 Å². The predicted octanol–water partition coefficient (Wildman–Crippen LogP) is 2.67. The quantitative estimate of drug-likeness (QED) is 0.811. The number of nitrogens with zero attached hydrogens (tertiary/aromatic N) is 2. The lowest BCUT2D eigenvalue weighted by molar-refractivity contribution is -0.121. The normalized spacial score (nSPS) is 15.7. The van der Waals surface area contributed by atoms with Gasteiger partial charge in [0, 0.05) is 43.0 Å². The highest BCUT2D eigenvalue weighted by Gasteiger charge is 2.27. The molecule has 0 aliphatic carbocycles. The molecule has 1 aliphatic heterocycles. The SMILES string of the molecule is CC(=O)c1ccc(NC(=O)C(C)N2CCN(C(=O)c3ccccc3)CC2)cc1. The van der Waals surface area contributed by atoms with E-state index in [0.717, 1.165) is 0 Å².